The normalized spacial score (nSPS) is 25.2. The zero-order valence-electron chi connectivity index (χ0n) is 16.4. The summed E-state index contributed by atoms with van der Waals surface area (Å²) in [6, 6.07) is 9.27. The Morgan fingerprint density at radius 3 is 2.44 bits per heavy atom. The van der Waals surface area contributed by atoms with Crippen molar-refractivity contribution in [3.05, 3.63) is 35.9 Å². The lowest BCUT2D eigenvalue weighted by Gasteiger charge is -2.33. The van der Waals surface area contributed by atoms with Gasteiger partial charge in [0, 0.05) is 12.6 Å². The number of carbonyl (C=O) groups is 3. The first-order chi connectivity index (χ1) is 12.8. The number of urea groups is 1. The molecule has 0 unspecified atom stereocenters. The van der Waals surface area contributed by atoms with Crippen LogP contribution in [0.4, 0.5) is 4.79 Å². The van der Waals surface area contributed by atoms with Gasteiger partial charge in [0.05, 0.1) is 0 Å². The number of hydrogen-bond acceptors (Lipinski definition) is 3. The summed E-state index contributed by atoms with van der Waals surface area (Å²) in [5, 5.41) is 2.88. The number of hydrogen-bond donors (Lipinski definition) is 1. The van der Waals surface area contributed by atoms with Crippen molar-refractivity contribution in [2.45, 2.75) is 64.6 Å². The van der Waals surface area contributed by atoms with Gasteiger partial charge in [-0.3, -0.25) is 14.5 Å². The van der Waals surface area contributed by atoms with E-state index in [-0.39, 0.29) is 24.4 Å². The first-order valence-electron chi connectivity index (χ1n) is 9.80. The average molecular weight is 371 g/mol. The van der Waals surface area contributed by atoms with Gasteiger partial charge in [-0.25, -0.2) is 4.79 Å². The van der Waals surface area contributed by atoms with Gasteiger partial charge in [-0.2, -0.15) is 0 Å². The molecule has 146 valence electrons. The van der Waals surface area contributed by atoms with Crippen molar-refractivity contribution < 1.29 is 14.4 Å². The first-order valence-corrected chi connectivity index (χ1v) is 9.80. The van der Waals surface area contributed by atoms with E-state index in [1.54, 1.807) is 4.90 Å². The van der Waals surface area contributed by atoms with Gasteiger partial charge < -0.3 is 10.2 Å². The fourth-order valence-corrected chi connectivity index (χ4v) is 3.98. The first kappa shape index (κ1) is 19.4. The van der Waals surface area contributed by atoms with Crippen molar-refractivity contribution >= 4 is 17.8 Å². The molecule has 6 heteroatoms. The van der Waals surface area contributed by atoms with Crippen LogP contribution in [-0.2, 0) is 16.1 Å². The second-order valence-electron chi connectivity index (χ2n) is 8.19. The molecule has 3 rings (SSSR count). The van der Waals surface area contributed by atoms with Crippen molar-refractivity contribution in [2.24, 2.45) is 5.92 Å². The highest BCUT2D eigenvalue weighted by atomic mass is 16.2. The number of benzene rings is 1. The molecule has 4 amide bonds. The van der Waals surface area contributed by atoms with Crippen LogP contribution >= 0.6 is 0 Å². The Labute approximate surface area is 160 Å². The minimum atomic E-state index is -0.800. The molecule has 1 aromatic carbocycles. The molecule has 0 aromatic heterocycles. The molecule has 1 saturated carbocycles. The van der Waals surface area contributed by atoms with E-state index in [0.717, 1.165) is 23.3 Å². The highest BCUT2D eigenvalue weighted by molar-refractivity contribution is 6.09. The van der Waals surface area contributed by atoms with Crippen LogP contribution in [0.3, 0.4) is 0 Å². The Morgan fingerprint density at radius 2 is 1.85 bits per heavy atom. The van der Waals surface area contributed by atoms with E-state index in [0.29, 0.717) is 25.3 Å². The van der Waals surface area contributed by atoms with Crippen LogP contribution < -0.4 is 5.32 Å². The van der Waals surface area contributed by atoms with E-state index in [1.807, 2.05) is 44.2 Å². The number of carbonyl (C=O) groups excluding carboxylic acids is 3. The Bertz CT molecular complexity index is 709. The minimum absolute atomic E-state index is 0.0250. The fourth-order valence-electron chi connectivity index (χ4n) is 3.98. The summed E-state index contributed by atoms with van der Waals surface area (Å²) in [7, 11) is 0. The molecule has 1 aliphatic carbocycles. The second kappa shape index (κ2) is 7.71. The van der Waals surface area contributed by atoms with E-state index >= 15 is 0 Å². The summed E-state index contributed by atoms with van der Waals surface area (Å²) in [6.45, 7) is 6.31. The van der Waals surface area contributed by atoms with Crippen molar-refractivity contribution in [2.75, 3.05) is 6.54 Å². The molecule has 1 N–H and O–H groups in total. The smallest absolute Gasteiger partial charge is 0.325 e. The largest absolute Gasteiger partial charge is 0.334 e. The van der Waals surface area contributed by atoms with Gasteiger partial charge in [0.1, 0.15) is 12.1 Å². The maximum Gasteiger partial charge on any atom is 0.325 e. The Balaban J connectivity index is 1.70. The lowest BCUT2D eigenvalue weighted by atomic mass is 9.77. The van der Waals surface area contributed by atoms with Crippen LogP contribution in [0.25, 0.3) is 0 Å². The van der Waals surface area contributed by atoms with Crippen LogP contribution in [0.15, 0.2) is 30.3 Å². The number of nitrogens with zero attached hydrogens (tertiary/aromatic N) is 2. The van der Waals surface area contributed by atoms with Gasteiger partial charge >= 0.3 is 6.03 Å². The van der Waals surface area contributed by atoms with Crippen molar-refractivity contribution in [1.82, 2.24) is 15.1 Å². The lowest BCUT2D eigenvalue weighted by Crippen LogP contribution is -2.50. The van der Waals surface area contributed by atoms with Crippen LogP contribution in [0, 0.1) is 5.92 Å². The van der Waals surface area contributed by atoms with E-state index in [9.17, 15) is 14.4 Å². The van der Waals surface area contributed by atoms with Gasteiger partial charge in [0.2, 0.25) is 5.91 Å². The van der Waals surface area contributed by atoms with E-state index in [2.05, 4.69) is 12.2 Å². The van der Waals surface area contributed by atoms with Crippen LogP contribution in [0.1, 0.15) is 52.0 Å². The summed E-state index contributed by atoms with van der Waals surface area (Å²) < 4.78 is 0. The molecule has 1 heterocycles. The standard InChI is InChI=1S/C21H29N3O3/c1-15(2)23(13-17-7-5-4-6-8-17)18(25)14-24-19(26)21(22-20(24)27)11-9-16(3)10-12-21/h4-8,15-16H,9-14H2,1-3H3,(H,22,27). The second-order valence-corrected chi connectivity index (χ2v) is 8.19. The van der Waals surface area contributed by atoms with Crippen molar-refractivity contribution in [3.8, 4) is 0 Å². The van der Waals surface area contributed by atoms with Crippen molar-refractivity contribution in [1.29, 1.82) is 0 Å². The quantitative estimate of drug-likeness (QED) is 0.809. The number of imide groups is 1. The maximum absolute atomic E-state index is 13.0. The van der Waals surface area contributed by atoms with Crippen LogP contribution in [0.5, 0.6) is 0 Å². The lowest BCUT2D eigenvalue weighted by molar-refractivity contribution is -0.141. The molecule has 2 aliphatic rings. The van der Waals surface area contributed by atoms with Crippen LogP contribution in [-0.4, -0.2) is 45.8 Å². The molecule has 0 atom stereocenters. The van der Waals surface area contributed by atoms with E-state index in [1.165, 1.54) is 0 Å². The van der Waals surface area contributed by atoms with Crippen molar-refractivity contribution in [3.63, 3.8) is 0 Å². The molecule has 0 radical (unpaired) electrons. The number of amides is 4. The summed E-state index contributed by atoms with van der Waals surface area (Å²) in [4.78, 5) is 41.1. The third-order valence-electron chi connectivity index (χ3n) is 5.81. The summed E-state index contributed by atoms with van der Waals surface area (Å²) >= 11 is 0. The molecular formula is C21H29N3O3. The molecule has 1 aromatic rings. The van der Waals surface area contributed by atoms with Gasteiger partial charge in [-0.05, 0) is 51.0 Å². The molecule has 1 aliphatic heterocycles. The molecular weight excluding hydrogens is 342 g/mol. The predicted molar refractivity (Wildman–Crippen MR) is 103 cm³/mol. The summed E-state index contributed by atoms with van der Waals surface area (Å²) in [6.07, 6.45) is 3.14. The molecule has 0 bridgehead atoms. The fraction of sp³-hybridized carbons (Fsp3) is 0.571. The minimum Gasteiger partial charge on any atom is -0.334 e. The zero-order valence-corrected chi connectivity index (χ0v) is 16.4. The Hall–Kier alpha value is -2.37. The van der Waals surface area contributed by atoms with Gasteiger partial charge in [0.15, 0.2) is 0 Å². The Morgan fingerprint density at radius 1 is 1.22 bits per heavy atom. The Kier molecular flexibility index (Phi) is 5.53. The third-order valence-corrected chi connectivity index (χ3v) is 5.81. The predicted octanol–water partition coefficient (Wildman–Crippen LogP) is 2.92. The number of nitrogens with one attached hydrogen (secondary N) is 1. The SMILES string of the molecule is CC1CCC2(CC1)NC(=O)N(CC(=O)N(Cc1ccccc1)C(C)C)C2=O. The highest BCUT2D eigenvalue weighted by Crippen LogP contribution is 2.36. The summed E-state index contributed by atoms with van der Waals surface area (Å²) in [5.74, 6) is 0.119. The average Bonchev–Trinajstić information content (AvgIpc) is 2.87. The van der Waals surface area contributed by atoms with Crippen LogP contribution in [0.2, 0.25) is 0 Å². The molecule has 6 nitrogen and oxygen atoms in total. The zero-order chi connectivity index (χ0) is 19.6. The van der Waals surface area contributed by atoms with Gasteiger partial charge in [-0.15, -0.1) is 0 Å². The molecule has 1 spiro atoms. The third kappa shape index (κ3) is 3.99. The van der Waals surface area contributed by atoms with E-state index < -0.39 is 11.6 Å². The van der Waals surface area contributed by atoms with Gasteiger partial charge in [-0.1, -0.05) is 37.3 Å². The summed E-state index contributed by atoms with van der Waals surface area (Å²) in [5.41, 5.74) is 0.223. The monoisotopic (exact) mass is 371 g/mol. The molecule has 1 saturated heterocycles. The van der Waals surface area contributed by atoms with E-state index in [4.69, 9.17) is 0 Å². The molecule has 2 fully saturated rings. The van der Waals surface area contributed by atoms with Gasteiger partial charge in [0.25, 0.3) is 5.91 Å². The topological polar surface area (TPSA) is 69.7 Å². The molecule has 27 heavy (non-hydrogen) atoms. The maximum atomic E-state index is 13.0. The number of rotatable bonds is 5. The highest BCUT2D eigenvalue weighted by Gasteiger charge is 2.52.